The second-order valence-electron chi connectivity index (χ2n) is 4.61. The van der Waals surface area contributed by atoms with Gasteiger partial charge in [-0.3, -0.25) is 0 Å². The van der Waals surface area contributed by atoms with Gasteiger partial charge in [-0.2, -0.15) is 0 Å². The molecular weight excluding hydrogens is 241 g/mol. The van der Waals surface area contributed by atoms with E-state index >= 15 is 0 Å². The molecule has 0 fully saturated rings. The molecule has 0 spiro atoms. The summed E-state index contributed by atoms with van der Waals surface area (Å²) in [6, 6.07) is 2.19. The molecule has 0 heterocycles. The molecule has 0 unspecified atom stereocenters. The van der Waals surface area contributed by atoms with Gasteiger partial charge in [0.2, 0.25) is 0 Å². The number of benzene rings is 1. The van der Waals surface area contributed by atoms with Crippen molar-refractivity contribution in [2.75, 3.05) is 19.6 Å². The Morgan fingerprint density at radius 1 is 1.00 bits per heavy atom. The minimum Gasteiger partial charge on any atom is -0.315 e. The van der Waals surface area contributed by atoms with Crippen molar-refractivity contribution < 1.29 is 13.2 Å². The number of rotatable bonds is 7. The summed E-state index contributed by atoms with van der Waals surface area (Å²) in [5.74, 6) is -3.10. The van der Waals surface area contributed by atoms with E-state index in [0.29, 0.717) is 12.5 Å². The normalized spacial score (nSPS) is 11.2. The van der Waals surface area contributed by atoms with Crippen LogP contribution in [0, 0.1) is 23.4 Å². The van der Waals surface area contributed by atoms with Crippen molar-refractivity contribution in [3.8, 4) is 0 Å². The molecule has 0 bridgehead atoms. The molecule has 5 heteroatoms. The van der Waals surface area contributed by atoms with Crippen molar-refractivity contribution in [1.82, 2.24) is 10.6 Å². The summed E-state index contributed by atoms with van der Waals surface area (Å²) in [7, 11) is 0. The van der Waals surface area contributed by atoms with Crippen LogP contribution in [0.2, 0.25) is 0 Å². The molecular formula is C13H19F3N2. The largest absolute Gasteiger partial charge is 0.315 e. The molecule has 1 rings (SSSR count). The van der Waals surface area contributed by atoms with Crippen molar-refractivity contribution in [3.63, 3.8) is 0 Å². The molecule has 102 valence electrons. The van der Waals surface area contributed by atoms with Crippen LogP contribution < -0.4 is 10.6 Å². The topological polar surface area (TPSA) is 24.1 Å². The van der Waals surface area contributed by atoms with E-state index < -0.39 is 17.5 Å². The van der Waals surface area contributed by atoms with Crippen LogP contribution in [0.1, 0.15) is 19.4 Å². The van der Waals surface area contributed by atoms with Crippen molar-refractivity contribution in [2.45, 2.75) is 20.4 Å². The Kier molecular flexibility index (Phi) is 6.15. The summed E-state index contributed by atoms with van der Waals surface area (Å²) >= 11 is 0. The first kappa shape index (κ1) is 15.0. The van der Waals surface area contributed by atoms with Gasteiger partial charge in [-0.05, 0) is 18.5 Å². The van der Waals surface area contributed by atoms with Gasteiger partial charge in [-0.25, -0.2) is 13.2 Å². The monoisotopic (exact) mass is 260 g/mol. The second-order valence-corrected chi connectivity index (χ2v) is 4.61. The summed E-state index contributed by atoms with van der Waals surface area (Å²) in [6.07, 6.45) is 0. The fourth-order valence-corrected chi connectivity index (χ4v) is 1.49. The zero-order valence-corrected chi connectivity index (χ0v) is 10.7. The van der Waals surface area contributed by atoms with Crippen LogP contribution in [0.25, 0.3) is 0 Å². The number of halogens is 3. The average Bonchev–Trinajstić information content (AvgIpc) is 2.33. The maximum Gasteiger partial charge on any atom is 0.194 e. The Morgan fingerprint density at radius 3 is 2.33 bits per heavy atom. The first-order valence-corrected chi connectivity index (χ1v) is 6.06. The summed E-state index contributed by atoms with van der Waals surface area (Å²) in [5, 5.41) is 6.19. The number of hydrogen-bond donors (Lipinski definition) is 2. The van der Waals surface area contributed by atoms with Crippen molar-refractivity contribution >= 4 is 0 Å². The van der Waals surface area contributed by atoms with E-state index in [9.17, 15) is 13.2 Å². The number of nitrogens with one attached hydrogen (secondary N) is 2. The summed E-state index contributed by atoms with van der Waals surface area (Å²) < 4.78 is 38.9. The average molecular weight is 260 g/mol. The predicted molar refractivity (Wildman–Crippen MR) is 65.7 cm³/mol. The van der Waals surface area contributed by atoms with Gasteiger partial charge in [0.25, 0.3) is 0 Å². The van der Waals surface area contributed by atoms with E-state index in [1.165, 1.54) is 6.07 Å². The molecule has 0 saturated carbocycles. The van der Waals surface area contributed by atoms with Gasteiger partial charge in [0, 0.05) is 25.2 Å². The van der Waals surface area contributed by atoms with Crippen LogP contribution in [-0.4, -0.2) is 19.6 Å². The fourth-order valence-electron chi connectivity index (χ4n) is 1.49. The zero-order chi connectivity index (χ0) is 13.5. The lowest BCUT2D eigenvalue weighted by molar-refractivity contribution is 0.437. The molecule has 0 aliphatic heterocycles. The minimum atomic E-state index is -1.41. The first-order chi connectivity index (χ1) is 8.52. The molecule has 0 atom stereocenters. The molecule has 1 aromatic carbocycles. The standard InChI is InChI=1S/C13H19F3N2/c1-9(2)7-17-5-6-18-8-10-3-4-11(14)13(16)12(10)15/h3-4,9,17-18H,5-8H2,1-2H3. The summed E-state index contributed by atoms with van der Waals surface area (Å²) in [5.41, 5.74) is 0.137. The maximum absolute atomic E-state index is 13.3. The van der Waals surface area contributed by atoms with Crippen LogP contribution in [0.15, 0.2) is 12.1 Å². The lowest BCUT2D eigenvalue weighted by Gasteiger charge is -2.09. The van der Waals surface area contributed by atoms with Crippen LogP contribution in [0.5, 0.6) is 0 Å². The van der Waals surface area contributed by atoms with Crippen LogP contribution in [0.3, 0.4) is 0 Å². The SMILES string of the molecule is CC(C)CNCCNCc1ccc(F)c(F)c1F. The molecule has 2 N–H and O–H groups in total. The second kappa shape index (κ2) is 7.38. The highest BCUT2D eigenvalue weighted by Crippen LogP contribution is 2.14. The Labute approximate surface area is 106 Å². The molecule has 0 aliphatic rings. The Bertz CT molecular complexity index is 381. The lowest BCUT2D eigenvalue weighted by atomic mass is 10.2. The molecule has 0 aliphatic carbocycles. The van der Waals surface area contributed by atoms with Gasteiger partial charge in [-0.1, -0.05) is 19.9 Å². The van der Waals surface area contributed by atoms with Gasteiger partial charge in [0.1, 0.15) is 0 Å². The molecule has 0 saturated heterocycles. The van der Waals surface area contributed by atoms with Crippen molar-refractivity contribution in [2.24, 2.45) is 5.92 Å². The van der Waals surface area contributed by atoms with Crippen LogP contribution in [0.4, 0.5) is 13.2 Å². The third kappa shape index (κ3) is 4.66. The Morgan fingerprint density at radius 2 is 1.67 bits per heavy atom. The van der Waals surface area contributed by atoms with Gasteiger partial charge in [0.05, 0.1) is 0 Å². The van der Waals surface area contributed by atoms with E-state index in [0.717, 1.165) is 19.2 Å². The lowest BCUT2D eigenvalue weighted by Crippen LogP contribution is -2.29. The molecule has 0 aromatic heterocycles. The summed E-state index contributed by atoms with van der Waals surface area (Å²) in [6.45, 7) is 6.72. The quantitative estimate of drug-likeness (QED) is 0.581. The highest BCUT2D eigenvalue weighted by molar-refractivity contribution is 5.20. The van der Waals surface area contributed by atoms with Crippen molar-refractivity contribution in [1.29, 1.82) is 0 Å². The Hall–Kier alpha value is -1.07. The Balaban J connectivity index is 2.30. The van der Waals surface area contributed by atoms with Gasteiger partial charge < -0.3 is 10.6 Å². The highest BCUT2D eigenvalue weighted by atomic mass is 19.2. The summed E-state index contributed by atoms with van der Waals surface area (Å²) in [4.78, 5) is 0. The zero-order valence-electron chi connectivity index (χ0n) is 10.7. The van der Waals surface area contributed by atoms with Gasteiger partial charge in [0.15, 0.2) is 17.5 Å². The maximum atomic E-state index is 13.3. The molecule has 2 nitrogen and oxygen atoms in total. The fraction of sp³-hybridized carbons (Fsp3) is 0.538. The first-order valence-electron chi connectivity index (χ1n) is 6.06. The van der Waals surface area contributed by atoms with E-state index in [2.05, 4.69) is 24.5 Å². The third-order valence-electron chi connectivity index (χ3n) is 2.46. The highest BCUT2D eigenvalue weighted by Gasteiger charge is 2.12. The van der Waals surface area contributed by atoms with E-state index in [1.807, 2.05) is 0 Å². The number of hydrogen-bond acceptors (Lipinski definition) is 2. The smallest absolute Gasteiger partial charge is 0.194 e. The van der Waals surface area contributed by atoms with E-state index in [4.69, 9.17) is 0 Å². The minimum absolute atomic E-state index is 0.137. The van der Waals surface area contributed by atoms with Gasteiger partial charge >= 0.3 is 0 Å². The van der Waals surface area contributed by atoms with Crippen molar-refractivity contribution in [3.05, 3.63) is 35.1 Å². The molecule has 1 aromatic rings. The van der Waals surface area contributed by atoms with Gasteiger partial charge in [-0.15, -0.1) is 0 Å². The molecule has 0 amide bonds. The predicted octanol–water partition coefficient (Wildman–Crippen LogP) is 2.44. The van der Waals surface area contributed by atoms with E-state index in [1.54, 1.807) is 0 Å². The third-order valence-corrected chi connectivity index (χ3v) is 2.46. The van der Waals surface area contributed by atoms with E-state index in [-0.39, 0.29) is 12.1 Å². The van der Waals surface area contributed by atoms with Crippen LogP contribution >= 0.6 is 0 Å². The molecule has 18 heavy (non-hydrogen) atoms. The van der Waals surface area contributed by atoms with Crippen LogP contribution in [-0.2, 0) is 6.54 Å². The molecule has 0 radical (unpaired) electrons.